The lowest BCUT2D eigenvalue weighted by atomic mass is 10.2. The molecule has 0 aliphatic carbocycles. The largest absolute Gasteiger partial charge is 0.489 e. The Balaban J connectivity index is 1.53. The van der Waals surface area contributed by atoms with Crippen LogP contribution < -0.4 is 10.2 Å². The highest BCUT2D eigenvalue weighted by molar-refractivity contribution is 5.95. The molecule has 0 spiro atoms. The fourth-order valence-electron chi connectivity index (χ4n) is 2.49. The van der Waals surface area contributed by atoms with Gasteiger partial charge in [0.15, 0.2) is 0 Å². The first-order valence-electron chi connectivity index (χ1n) is 8.87. The molecule has 0 radical (unpaired) electrons. The van der Waals surface area contributed by atoms with Crippen LogP contribution in [0.4, 0.5) is 5.69 Å². The quantitative estimate of drug-likeness (QED) is 0.371. The molecule has 0 atom stereocenters. The molecule has 29 heavy (non-hydrogen) atoms. The number of nitrogens with one attached hydrogen (secondary N) is 1. The number of aryl methyl sites for hydroxylation is 1. The van der Waals surface area contributed by atoms with E-state index in [1.807, 2.05) is 55.5 Å². The molecule has 3 rings (SSSR count). The molecule has 1 amide bonds. The van der Waals surface area contributed by atoms with Gasteiger partial charge in [-0.25, -0.2) is 5.43 Å². The Morgan fingerprint density at radius 3 is 2.52 bits per heavy atom. The topological polar surface area (TPSA) is 93.8 Å². The third-order valence-corrected chi connectivity index (χ3v) is 4.11. The van der Waals surface area contributed by atoms with Gasteiger partial charge < -0.3 is 4.74 Å². The van der Waals surface area contributed by atoms with Gasteiger partial charge in [0.2, 0.25) is 0 Å². The Kier molecular flexibility index (Phi) is 6.32. The van der Waals surface area contributed by atoms with Crippen molar-refractivity contribution < 1.29 is 14.5 Å². The average Bonchev–Trinajstić information content (AvgIpc) is 2.74. The summed E-state index contributed by atoms with van der Waals surface area (Å²) in [6, 6.07) is 20.9. The van der Waals surface area contributed by atoms with Gasteiger partial charge in [-0.3, -0.25) is 14.9 Å². The van der Waals surface area contributed by atoms with Crippen molar-refractivity contribution in [3.8, 4) is 5.75 Å². The van der Waals surface area contributed by atoms with Crippen LogP contribution in [-0.4, -0.2) is 17.0 Å². The molecule has 7 heteroatoms. The Hall–Kier alpha value is -4.00. The lowest BCUT2D eigenvalue weighted by Crippen LogP contribution is -2.17. The molecule has 0 aliphatic rings. The normalized spacial score (nSPS) is 10.7. The number of carbonyl (C=O) groups is 1. The fourth-order valence-corrected chi connectivity index (χ4v) is 2.49. The third-order valence-electron chi connectivity index (χ3n) is 4.11. The lowest BCUT2D eigenvalue weighted by molar-refractivity contribution is -0.384. The monoisotopic (exact) mass is 389 g/mol. The molecular formula is C22H19N3O4. The molecule has 0 unspecified atom stereocenters. The number of rotatable bonds is 7. The highest BCUT2D eigenvalue weighted by atomic mass is 16.6. The van der Waals surface area contributed by atoms with Crippen LogP contribution in [-0.2, 0) is 6.61 Å². The van der Waals surface area contributed by atoms with Gasteiger partial charge >= 0.3 is 0 Å². The summed E-state index contributed by atoms with van der Waals surface area (Å²) < 4.78 is 5.75. The van der Waals surface area contributed by atoms with E-state index in [0.29, 0.717) is 6.61 Å². The van der Waals surface area contributed by atoms with Gasteiger partial charge in [0.05, 0.1) is 11.1 Å². The van der Waals surface area contributed by atoms with Crippen LogP contribution in [0.25, 0.3) is 0 Å². The first-order chi connectivity index (χ1) is 14.0. The van der Waals surface area contributed by atoms with Gasteiger partial charge in [0.25, 0.3) is 11.6 Å². The van der Waals surface area contributed by atoms with Crippen molar-refractivity contribution in [1.82, 2.24) is 5.43 Å². The summed E-state index contributed by atoms with van der Waals surface area (Å²) in [5.41, 5.74) is 5.43. The molecule has 146 valence electrons. The summed E-state index contributed by atoms with van der Waals surface area (Å²) in [5, 5.41) is 14.7. The van der Waals surface area contributed by atoms with E-state index in [4.69, 9.17) is 4.74 Å². The maximum absolute atomic E-state index is 12.0. The van der Waals surface area contributed by atoms with Crippen molar-refractivity contribution in [1.29, 1.82) is 0 Å². The van der Waals surface area contributed by atoms with Crippen molar-refractivity contribution in [3.05, 3.63) is 105 Å². The van der Waals surface area contributed by atoms with E-state index in [-0.39, 0.29) is 11.3 Å². The van der Waals surface area contributed by atoms with E-state index >= 15 is 0 Å². The van der Waals surface area contributed by atoms with Gasteiger partial charge in [0.1, 0.15) is 12.4 Å². The molecule has 0 aliphatic heterocycles. The van der Waals surface area contributed by atoms with Gasteiger partial charge in [0, 0.05) is 17.7 Å². The molecule has 3 aromatic rings. The van der Waals surface area contributed by atoms with Crippen LogP contribution in [0.15, 0.2) is 77.9 Å². The number of amides is 1. The average molecular weight is 389 g/mol. The number of nitrogens with zero attached hydrogens (tertiary/aromatic N) is 2. The van der Waals surface area contributed by atoms with E-state index in [1.165, 1.54) is 36.0 Å². The zero-order chi connectivity index (χ0) is 20.6. The maximum atomic E-state index is 12.0. The number of non-ortho nitro benzene ring substituents is 1. The summed E-state index contributed by atoms with van der Waals surface area (Å²) in [5.74, 6) is 0.200. The second-order valence-corrected chi connectivity index (χ2v) is 6.35. The van der Waals surface area contributed by atoms with Crippen molar-refractivity contribution in [2.45, 2.75) is 13.5 Å². The highest BCUT2D eigenvalue weighted by Crippen LogP contribution is 2.15. The molecule has 0 bridgehead atoms. The SMILES string of the molecule is Cc1ccc(COc2ccc(C=NNC(=O)c3cccc([N+](=O)[O-])c3)cc2)cc1. The van der Waals surface area contributed by atoms with Crippen LogP contribution in [0.5, 0.6) is 5.75 Å². The smallest absolute Gasteiger partial charge is 0.271 e. The zero-order valence-electron chi connectivity index (χ0n) is 15.7. The van der Waals surface area contributed by atoms with E-state index in [0.717, 1.165) is 16.9 Å². The van der Waals surface area contributed by atoms with E-state index < -0.39 is 10.8 Å². The summed E-state index contributed by atoms with van der Waals surface area (Å²) in [6.07, 6.45) is 1.49. The van der Waals surface area contributed by atoms with Gasteiger partial charge in [-0.15, -0.1) is 0 Å². The van der Waals surface area contributed by atoms with Crippen LogP contribution >= 0.6 is 0 Å². The first-order valence-corrected chi connectivity index (χ1v) is 8.87. The molecule has 0 saturated carbocycles. The Morgan fingerprint density at radius 2 is 1.83 bits per heavy atom. The second kappa shape index (κ2) is 9.27. The second-order valence-electron chi connectivity index (χ2n) is 6.35. The third kappa shape index (κ3) is 5.74. The number of nitro groups is 1. The fraction of sp³-hybridized carbons (Fsp3) is 0.0909. The van der Waals surface area contributed by atoms with Crippen LogP contribution in [0.2, 0.25) is 0 Å². The molecule has 0 aromatic heterocycles. The summed E-state index contributed by atoms with van der Waals surface area (Å²) >= 11 is 0. The predicted molar refractivity (Wildman–Crippen MR) is 110 cm³/mol. The van der Waals surface area contributed by atoms with E-state index in [1.54, 1.807) is 0 Å². The van der Waals surface area contributed by atoms with Crippen LogP contribution in [0.3, 0.4) is 0 Å². The molecule has 0 saturated heterocycles. The number of hydrazone groups is 1. The maximum Gasteiger partial charge on any atom is 0.271 e. The van der Waals surface area contributed by atoms with Crippen molar-refractivity contribution >= 4 is 17.8 Å². The van der Waals surface area contributed by atoms with Gasteiger partial charge in [-0.05, 0) is 48.4 Å². The minimum absolute atomic E-state index is 0.150. The van der Waals surface area contributed by atoms with Gasteiger partial charge in [-0.1, -0.05) is 35.9 Å². The number of hydrogen-bond acceptors (Lipinski definition) is 5. The van der Waals surface area contributed by atoms with Crippen molar-refractivity contribution in [2.75, 3.05) is 0 Å². The molecule has 7 nitrogen and oxygen atoms in total. The molecular weight excluding hydrogens is 370 g/mol. The zero-order valence-corrected chi connectivity index (χ0v) is 15.7. The molecule has 3 aromatic carbocycles. The number of nitro benzene ring substituents is 1. The van der Waals surface area contributed by atoms with Crippen molar-refractivity contribution in [2.24, 2.45) is 5.10 Å². The Labute approximate surface area is 167 Å². The lowest BCUT2D eigenvalue weighted by Gasteiger charge is -2.06. The van der Waals surface area contributed by atoms with Gasteiger partial charge in [-0.2, -0.15) is 5.10 Å². The summed E-state index contributed by atoms with van der Waals surface area (Å²) in [4.78, 5) is 22.3. The van der Waals surface area contributed by atoms with Crippen LogP contribution in [0.1, 0.15) is 27.0 Å². The number of benzene rings is 3. The van der Waals surface area contributed by atoms with Crippen molar-refractivity contribution in [3.63, 3.8) is 0 Å². The Morgan fingerprint density at radius 1 is 1.10 bits per heavy atom. The Bertz CT molecular complexity index is 1030. The molecule has 0 fully saturated rings. The van der Waals surface area contributed by atoms with Crippen LogP contribution in [0, 0.1) is 17.0 Å². The molecule has 0 heterocycles. The standard InChI is InChI=1S/C22H19N3O4/c1-16-5-7-18(8-6-16)15-29-21-11-9-17(10-12-21)14-23-24-22(26)19-3-2-4-20(13-19)25(27)28/h2-14H,15H2,1H3,(H,24,26). The predicted octanol–water partition coefficient (Wildman–Crippen LogP) is 4.25. The van der Waals surface area contributed by atoms with E-state index in [9.17, 15) is 14.9 Å². The summed E-state index contributed by atoms with van der Waals surface area (Å²) in [7, 11) is 0. The number of hydrogen-bond donors (Lipinski definition) is 1. The summed E-state index contributed by atoms with van der Waals surface area (Å²) in [6.45, 7) is 2.52. The molecule has 1 N–H and O–H groups in total. The first kappa shape index (κ1) is 19.8. The van der Waals surface area contributed by atoms with E-state index in [2.05, 4.69) is 10.5 Å². The highest BCUT2D eigenvalue weighted by Gasteiger charge is 2.10. The minimum atomic E-state index is -0.553. The minimum Gasteiger partial charge on any atom is -0.489 e. The number of carbonyl (C=O) groups excluding carboxylic acids is 1. The number of ether oxygens (including phenoxy) is 1.